The Labute approximate surface area is 190 Å². The number of carbonyl (C=O) groups is 1. The number of quaternary nitrogens is 2. The summed E-state index contributed by atoms with van der Waals surface area (Å²) in [5.74, 6) is 0.543. The first-order valence-corrected chi connectivity index (χ1v) is 10.0. The van der Waals surface area contributed by atoms with E-state index in [9.17, 15) is 9.90 Å². The third kappa shape index (κ3) is 8.13. The second-order valence-electron chi connectivity index (χ2n) is 7.42. The monoisotopic (exact) mass is 455 g/mol. The quantitative estimate of drug-likeness (QED) is 0.300. The predicted molar refractivity (Wildman–Crippen MR) is 109 cm³/mol. The second kappa shape index (κ2) is 13.5. The van der Waals surface area contributed by atoms with E-state index in [0.717, 1.165) is 12.2 Å². The minimum atomic E-state index is -0.316. The maximum absolute atomic E-state index is 12.4. The number of piperidine rings is 1. The topological polar surface area (TPSA) is 79.6 Å². The number of likely N-dealkylation sites (tertiary alicyclic amines) is 1. The molecule has 0 spiro atoms. The molecule has 166 valence electrons. The molecule has 0 bridgehead atoms. The Morgan fingerprint density at radius 3 is 2.50 bits per heavy atom. The fraction of sp³-hybridized carbons (Fsp3) is 0.409. The molecule has 0 saturated carbocycles. The summed E-state index contributed by atoms with van der Waals surface area (Å²) in [7, 11) is 1.60. The molecule has 30 heavy (non-hydrogen) atoms. The lowest BCUT2D eigenvalue weighted by atomic mass is 10.1. The number of nitrogens with one attached hydrogen (secondary N) is 2. The Kier molecular flexibility index (Phi) is 11.8. The molecule has 0 radical (unpaired) electrons. The summed E-state index contributed by atoms with van der Waals surface area (Å²) in [5.41, 5.74) is 2.31. The second-order valence-corrected chi connectivity index (χ2v) is 7.42. The third-order valence-corrected chi connectivity index (χ3v) is 5.21. The van der Waals surface area contributed by atoms with Gasteiger partial charge in [-0.1, -0.05) is 6.07 Å². The van der Waals surface area contributed by atoms with E-state index in [-0.39, 0.29) is 36.8 Å². The molecule has 1 amide bonds. The van der Waals surface area contributed by atoms with Crippen molar-refractivity contribution in [3.05, 3.63) is 54.1 Å². The van der Waals surface area contributed by atoms with Crippen LogP contribution in [-0.2, 0) is 0 Å². The summed E-state index contributed by atoms with van der Waals surface area (Å²) in [6.07, 6.45) is 3.55. The molecular weight excluding hydrogens is 425 g/mol. The first-order chi connectivity index (χ1) is 13.6. The molecule has 1 aliphatic heterocycles. The molecule has 6 nitrogen and oxygen atoms in total. The number of methoxy groups -OCH3 is 1. The Morgan fingerprint density at radius 1 is 1.13 bits per heavy atom. The Morgan fingerprint density at radius 2 is 1.83 bits per heavy atom. The highest BCUT2D eigenvalue weighted by molar-refractivity contribution is 6.04. The van der Waals surface area contributed by atoms with E-state index in [0.29, 0.717) is 23.5 Å². The summed E-state index contributed by atoms with van der Waals surface area (Å²) in [5, 5.41) is 15.2. The van der Waals surface area contributed by atoms with Crippen LogP contribution in [0.2, 0.25) is 0 Å². The summed E-state index contributed by atoms with van der Waals surface area (Å²) in [4.78, 5) is 13.9. The molecule has 2 aromatic carbocycles. The van der Waals surface area contributed by atoms with Crippen molar-refractivity contribution < 1.29 is 49.7 Å². The summed E-state index contributed by atoms with van der Waals surface area (Å²) < 4.78 is 5.17. The van der Waals surface area contributed by atoms with Gasteiger partial charge in [0.05, 0.1) is 20.2 Å². The Hall–Kier alpha value is -1.83. The van der Waals surface area contributed by atoms with Gasteiger partial charge in [-0.3, -0.25) is 4.79 Å². The van der Waals surface area contributed by atoms with Crippen LogP contribution in [0.15, 0.2) is 48.5 Å². The smallest absolute Gasteiger partial charge is 0.255 e. The molecule has 8 heteroatoms. The molecule has 0 aromatic heterocycles. The third-order valence-electron chi connectivity index (χ3n) is 5.21. The van der Waals surface area contributed by atoms with Crippen molar-refractivity contribution in [2.75, 3.05) is 38.6 Å². The van der Waals surface area contributed by atoms with E-state index in [1.807, 2.05) is 47.8 Å². The maximum atomic E-state index is 12.4. The zero-order chi connectivity index (χ0) is 19.8. The predicted octanol–water partition coefficient (Wildman–Crippen LogP) is -5.42. The van der Waals surface area contributed by atoms with Gasteiger partial charge in [0.25, 0.3) is 5.91 Å². The van der Waals surface area contributed by atoms with Crippen LogP contribution in [-0.4, -0.2) is 50.4 Å². The highest BCUT2D eigenvalue weighted by atomic mass is 35.5. The molecular formula is C22H31Cl2N3O3. The van der Waals surface area contributed by atoms with E-state index >= 15 is 0 Å². The van der Waals surface area contributed by atoms with Gasteiger partial charge < -0.3 is 50.2 Å². The summed E-state index contributed by atoms with van der Waals surface area (Å²) in [6.45, 7) is 3.80. The first-order valence-electron chi connectivity index (χ1n) is 10.0. The number of nitrogens with two attached hydrogens (primary N) is 1. The average Bonchev–Trinajstić information content (AvgIpc) is 2.73. The van der Waals surface area contributed by atoms with Crippen LogP contribution >= 0.6 is 0 Å². The van der Waals surface area contributed by atoms with Gasteiger partial charge >= 0.3 is 0 Å². The molecule has 1 saturated heterocycles. The van der Waals surface area contributed by atoms with Gasteiger partial charge in [-0.15, -0.1) is 0 Å². The summed E-state index contributed by atoms with van der Waals surface area (Å²) >= 11 is 0. The number of benzene rings is 2. The molecule has 0 aliphatic carbocycles. The number of hydrogen-bond acceptors (Lipinski definition) is 3. The zero-order valence-electron chi connectivity index (χ0n) is 17.2. The van der Waals surface area contributed by atoms with E-state index in [1.165, 1.54) is 37.3 Å². The zero-order valence-corrected chi connectivity index (χ0v) is 18.8. The molecule has 5 N–H and O–H groups in total. The van der Waals surface area contributed by atoms with E-state index in [1.54, 1.807) is 13.2 Å². The van der Waals surface area contributed by atoms with Gasteiger partial charge in [-0.2, -0.15) is 0 Å². The molecule has 1 fully saturated rings. The minimum absolute atomic E-state index is 0. The van der Waals surface area contributed by atoms with Crippen molar-refractivity contribution in [2.45, 2.75) is 25.4 Å². The van der Waals surface area contributed by atoms with E-state index in [2.05, 4.69) is 5.32 Å². The van der Waals surface area contributed by atoms with Gasteiger partial charge in [0.1, 0.15) is 24.5 Å². The van der Waals surface area contributed by atoms with Crippen molar-refractivity contribution in [3.8, 4) is 5.75 Å². The van der Waals surface area contributed by atoms with Crippen molar-refractivity contribution in [1.29, 1.82) is 0 Å². The normalized spacial score (nSPS) is 14.7. The SMILES string of the molecule is COc1cccc(NC(=O)c2ccc([NH2+]CC(O)C[NH+]3CCCCC3)cc2)c1.[Cl-].[Cl-]. The number of anilines is 1. The van der Waals surface area contributed by atoms with E-state index < -0.39 is 0 Å². The number of ether oxygens (including phenoxy) is 1. The summed E-state index contributed by atoms with van der Waals surface area (Å²) in [6, 6.07) is 14.7. The molecule has 1 unspecified atom stereocenters. The van der Waals surface area contributed by atoms with Gasteiger partial charge in [0.15, 0.2) is 6.10 Å². The largest absolute Gasteiger partial charge is 1.00 e. The van der Waals surface area contributed by atoms with E-state index in [4.69, 9.17) is 4.74 Å². The highest BCUT2D eigenvalue weighted by Crippen LogP contribution is 2.17. The van der Waals surface area contributed by atoms with Crippen molar-refractivity contribution in [1.82, 2.24) is 0 Å². The number of rotatable bonds is 8. The Bertz CT molecular complexity index is 768. The lowest BCUT2D eigenvalue weighted by molar-refractivity contribution is -0.909. The molecule has 1 heterocycles. The van der Waals surface area contributed by atoms with Crippen LogP contribution in [0, 0.1) is 0 Å². The average molecular weight is 456 g/mol. The first kappa shape index (κ1) is 26.2. The number of amides is 1. The number of aliphatic hydroxyl groups excluding tert-OH is 1. The standard InChI is InChI=1S/C22H29N3O3.2ClH/c1-28-21-7-5-6-19(14-21)24-22(27)17-8-10-18(11-9-17)23-15-20(26)16-25-12-3-2-4-13-25;;/h5-11,14,20,23,26H,2-4,12-13,15-16H2,1H3,(H,24,27);2*1H. The van der Waals surface area contributed by atoms with Crippen LogP contribution in [0.5, 0.6) is 5.75 Å². The minimum Gasteiger partial charge on any atom is -1.00 e. The lowest BCUT2D eigenvalue weighted by Crippen LogP contribution is -3.14. The maximum Gasteiger partial charge on any atom is 0.255 e. The van der Waals surface area contributed by atoms with Crippen LogP contribution in [0.25, 0.3) is 0 Å². The van der Waals surface area contributed by atoms with Crippen molar-refractivity contribution in [2.24, 2.45) is 0 Å². The van der Waals surface area contributed by atoms with Crippen molar-refractivity contribution in [3.63, 3.8) is 0 Å². The van der Waals surface area contributed by atoms with Gasteiger partial charge in [0, 0.05) is 17.3 Å². The number of aliphatic hydroxyl groups is 1. The van der Waals surface area contributed by atoms with Crippen molar-refractivity contribution >= 4 is 17.3 Å². The fourth-order valence-electron chi connectivity index (χ4n) is 3.62. The molecule has 3 rings (SSSR count). The fourth-order valence-corrected chi connectivity index (χ4v) is 3.62. The molecule has 1 atom stereocenters. The number of carbonyl (C=O) groups excluding carboxylic acids is 1. The number of halogens is 2. The van der Waals surface area contributed by atoms with Gasteiger partial charge in [-0.05, 0) is 55.7 Å². The van der Waals surface area contributed by atoms with Gasteiger partial charge in [-0.25, -0.2) is 0 Å². The van der Waals surface area contributed by atoms with Crippen LogP contribution < -0.4 is 45.1 Å². The Balaban J connectivity index is 0.00000225. The van der Waals surface area contributed by atoms with Gasteiger partial charge in [0.2, 0.25) is 0 Å². The molecule has 2 aromatic rings. The van der Waals surface area contributed by atoms with Crippen LogP contribution in [0.1, 0.15) is 29.6 Å². The number of hydrogen-bond donors (Lipinski definition) is 4. The van der Waals surface area contributed by atoms with Crippen LogP contribution in [0.4, 0.5) is 11.4 Å². The molecule has 1 aliphatic rings. The van der Waals surface area contributed by atoms with Crippen LogP contribution in [0.3, 0.4) is 0 Å². The highest BCUT2D eigenvalue weighted by Gasteiger charge is 2.19. The lowest BCUT2D eigenvalue weighted by Gasteiger charge is -2.25.